The van der Waals surface area contributed by atoms with E-state index in [9.17, 15) is 4.39 Å². The van der Waals surface area contributed by atoms with E-state index in [-0.39, 0.29) is 11.9 Å². The van der Waals surface area contributed by atoms with Gasteiger partial charge in [-0.1, -0.05) is 6.08 Å². The number of ether oxygens (including phenoxy) is 1. The zero-order valence-corrected chi connectivity index (χ0v) is 7.93. The maximum atomic E-state index is 13.3. The number of nitrogens with one attached hydrogen (secondary N) is 1. The van der Waals surface area contributed by atoms with Crippen LogP contribution in [-0.2, 0) is 4.74 Å². The largest absolute Gasteiger partial charge is 0.498 e. The van der Waals surface area contributed by atoms with Crippen LogP contribution >= 0.6 is 0 Å². The summed E-state index contributed by atoms with van der Waals surface area (Å²) < 4.78 is 18.3. The fourth-order valence-corrected chi connectivity index (χ4v) is 2.11. The molecule has 0 saturated carbocycles. The van der Waals surface area contributed by atoms with Gasteiger partial charge in [-0.15, -0.1) is 0 Å². The Morgan fingerprint density at radius 3 is 3.00 bits per heavy atom. The normalized spacial score (nSPS) is 32.4. The molecule has 0 radical (unpaired) electrons. The minimum Gasteiger partial charge on any atom is -0.498 e. The maximum Gasteiger partial charge on any atom is 0.139 e. The third kappa shape index (κ3) is 1.43. The summed E-state index contributed by atoms with van der Waals surface area (Å²) in [5.41, 5.74) is 1.15. The van der Waals surface area contributed by atoms with Gasteiger partial charge in [0.2, 0.25) is 0 Å². The van der Waals surface area contributed by atoms with Gasteiger partial charge in [0.1, 0.15) is 11.6 Å². The molecule has 1 aliphatic carbocycles. The van der Waals surface area contributed by atoms with Crippen molar-refractivity contribution in [1.82, 2.24) is 5.32 Å². The molecule has 3 heteroatoms. The molecule has 0 bridgehead atoms. The molecule has 72 valence electrons. The molecule has 1 N–H and O–H groups in total. The number of halogens is 1. The number of hydrogen-bond acceptors (Lipinski definition) is 2. The monoisotopic (exact) mass is 183 g/mol. The highest BCUT2D eigenvalue weighted by molar-refractivity contribution is 5.21. The van der Waals surface area contributed by atoms with E-state index in [4.69, 9.17) is 4.74 Å². The first kappa shape index (κ1) is 8.60. The number of methoxy groups -OCH3 is 1. The molecular formula is C10H14FNO. The third-order valence-corrected chi connectivity index (χ3v) is 2.76. The van der Waals surface area contributed by atoms with Crippen LogP contribution in [0.2, 0.25) is 0 Å². The van der Waals surface area contributed by atoms with E-state index in [2.05, 4.69) is 11.4 Å². The highest BCUT2D eigenvalue weighted by Gasteiger charge is 2.33. The summed E-state index contributed by atoms with van der Waals surface area (Å²) >= 11 is 0. The van der Waals surface area contributed by atoms with Gasteiger partial charge in [0.25, 0.3) is 0 Å². The molecule has 1 aliphatic heterocycles. The van der Waals surface area contributed by atoms with E-state index in [1.54, 1.807) is 0 Å². The van der Waals surface area contributed by atoms with E-state index in [0.717, 1.165) is 5.70 Å². The van der Waals surface area contributed by atoms with Gasteiger partial charge in [0.05, 0.1) is 7.11 Å². The highest BCUT2D eigenvalue weighted by atomic mass is 19.1. The summed E-state index contributed by atoms with van der Waals surface area (Å²) in [7, 11) is 1.54. The van der Waals surface area contributed by atoms with E-state index in [1.807, 2.05) is 6.92 Å². The summed E-state index contributed by atoms with van der Waals surface area (Å²) in [6.07, 6.45) is 3.31. The predicted molar refractivity (Wildman–Crippen MR) is 48.5 cm³/mol. The third-order valence-electron chi connectivity index (χ3n) is 2.76. The molecule has 0 amide bonds. The van der Waals surface area contributed by atoms with Crippen LogP contribution in [0.4, 0.5) is 4.39 Å². The van der Waals surface area contributed by atoms with Gasteiger partial charge in [-0.25, -0.2) is 4.39 Å². The Morgan fingerprint density at radius 2 is 2.31 bits per heavy atom. The van der Waals surface area contributed by atoms with Crippen molar-refractivity contribution < 1.29 is 9.13 Å². The molecular weight excluding hydrogens is 169 g/mol. The molecule has 0 spiro atoms. The first-order valence-corrected chi connectivity index (χ1v) is 4.57. The summed E-state index contributed by atoms with van der Waals surface area (Å²) in [5, 5.41) is 3.26. The quantitative estimate of drug-likeness (QED) is 0.672. The number of hydrogen-bond donors (Lipinski definition) is 1. The average Bonchev–Trinajstić information content (AvgIpc) is 2.42. The van der Waals surface area contributed by atoms with Crippen molar-refractivity contribution in [3.05, 3.63) is 23.4 Å². The second-order valence-corrected chi connectivity index (χ2v) is 3.70. The summed E-state index contributed by atoms with van der Waals surface area (Å²) in [5.74, 6) is 0.836. The smallest absolute Gasteiger partial charge is 0.139 e. The second-order valence-electron chi connectivity index (χ2n) is 3.70. The Kier molecular flexibility index (Phi) is 2.02. The summed E-state index contributed by atoms with van der Waals surface area (Å²) in [6, 6.07) is 0.249. The number of rotatable bonds is 1. The molecule has 2 nitrogen and oxygen atoms in total. The predicted octanol–water partition coefficient (Wildman–Crippen LogP) is 2.10. The fraction of sp³-hybridized carbons (Fsp3) is 0.600. The van der Waals surface area contributed by atoms with E-state index >= 15 is 0 Å². The lowest BCUT2D eigenvalue weighted by atomic mass is 9.89. The van der Waals surface area contributed by atoms with Crippen molar-refractivity contribution in [1.29, 1.82) is 0 Å². The molecule has 0 aromatic carbocycles. The van der Waals surface area contributed by atoms with E-state index in [1.165, 1.54) is 7.11 Å². The topological polar surface area (TPSA) is 21.3 Å². The SMILES string of the molecule is COC1=C(F)CC2NC(C)=CC2C1. The second kappa shape index (κ2) is 3.05. The standard InChI is InChI=1S/C10H14FNO/c1-6-3-7-4-10(13-2)8(11)5-9(7)12-6/h3,7,9,12H,4-5H2,1-2H3. The zero-order chi connectivity index (χ0) is 9.42. The van der Waals surface area contributed by atoms with Gasteiger partial charge < -0.3 is 10.1 Å². The van der Waals surface area contributed by atoms with Crippen molar-refractivity contribution >= 4 is 0 Å². The summed E-state index contributed by atoms with van der Waals surface area (Å²) in [6.45, 7) is 2.02. The van der Waals surface area contributed by atoms with Gasteiger partial charge >= 0.3 is 0 Å². The zero-order valence-electron chi connectivity index (χ0n) is 7.93. The van der Waals surface area contributed by atoms with Crippen molar-refractivity contribution in [2.75, 3.05) is 7.11 Å². The lowest BCUT2D eigenvalue weighted by molar-refractivity contribution is 0.221. The van der Waals surface area contributed by atoms with E-state index < -0.39 is 0 Å². The molecule has 2 atom stereocenters. The first-order valence-electron chi connectivity index (χ1n) is 4.57. The van der Waals surface area contributed by atoms with Crippen molar-refractivity contribution in [3.63, 3.8) is 0 Å². The lowest BCUT2D eigenvalue weighted by Crippen LogP contribution is -2.31. The Bertz CT molecular complexity index is 283. The van der Waals surface area contributed by atoms with Crippen LogP contribution in [0.25, 0.3) is 0 Å². The van der Waals surface area contributed by atoms with Crippen molar-refractivity contribution in [3.8, 4) is 0 Å². The minimum atomic E-state index is -0.0978. The van der Waals surface area contributed by atoms with Crippen LogP contribution in [0.5, 0.6) is 0 Å². The van der Waals surface area contributed by atoms with Gasteiger partial charge in [-0.05, 0) is 6.92 Å². The van der Waals surface area contributed by atoms with Crippen LogP contribution in [0.3, 0.4) is 0 Å². The highest BCUT2D eigenvalue weighted by Crippen LogP contribution is 2.35. The molecule has 1 heterocycles. The molecule has 0 aromatic heterocycles. The molecule has 0 aromatic rings. The summed E-state index contributed by atoms with van der Waals surface area (Å²) in [4.78, 5) is 0. The van der Waals surface area contributed by atoms with Crippen LogP contribution in [-0.4, -0.2) is 13.2 Å². The minimum absolute atomic E-state index is 0.0978. The van der Waals surface area contributed by atoms with E-state index in [0.29, 0.717) is 24.5 Å². The van der Waals surface area contributed by atoms with Crippen LogP contribution in [0.1, 0.15) is 19.8 Å². The van der Waals surface area contributed by atoms with Crippen molar-refractivity contribution in [2.24, 2.45) is 5.92 Å². The molecule has 0 saturated heterocycles. The Hall–Kier alpha value is -0.990. The Morgan fingerprint density at radius 1 is 1.54 bits per heavy atom. The average molecular weight is 183 g/mol. The van der Waals surface area contributed by atoms with Gasteiger partial charge in [0, 0.05) is 30.5 Å². The molecule has 2 rings (SSSR count). The molecule has 13 heavy (non-hydrogen) atoms. The van der Waals surface area contributed by atoms with Gasteiger partial charge in [-0.2, -0.15) is 0 Å². The number of fused-ring (bicyclic) bond motifs is 1. The van der Waals surface area contributed by atoms with Crippen LogP contribution in [0, 0.1) is 5.92 Å². The van der Waals surface area contributed by atoms with Gasteiger partial charge in [-0.3, -0.25) is 0 Å². The molecule has 2 aliphatic rings. The first-order chi connectivity index (χ1) is 6.20. The Labute approximate surface area is 77.5 Å². The Balaban J connectivity index is 2.16. The van der Waals surface area contributed by atoms with Crippen LogP contribution in [0.15, 0.2) is 23.4 Å². The maximum absolute atomic E-state index is 13.3. The van der Waals surface area contributed by atoms with Gasteiger partial charge in [0.15, 0.2) is 0 Å². The lowest BCUT2D eigenvalue weighted by Gasteiger charge is -2.25. The van der Waals surface area contributed by atoms with Crippen molar-refractivity contribution in [2.45, 2.75) is 25.8 Å². The molecule has 0 fully saturated rings. The van der Waals surface area contributed by atoms with Crippen LogP contribution < -0.4 is 5.32 Å². The number of allylic oxidation sites excluding steroid dienone is 2. The fourth-order valence-electron chi connectivity index (χ4n) is 2.11. The molecule has 2 unspecified atom stereocenters.